The standard InChI is InChI=1S/C17H23N3O6/c1-17(2,3)26-16(23)19-9-8-18(11-14(19)15(21)22)10-12-4-6-13(7-5-12)20(24)25/h4-7,14H,8-11H2,1-3H3,(H,21,22). The smallest absolute Gasteiger partial charge is 0.411 e. The first-order valence-corrected chi connectivity index (χ1v) is 8.25. The zero-order valence-electron chi connectivity index (χ0n) is 15.0. The van der Waals surface area contributed by atoms with E-state index in [9.17, 15) is 24.8 Å². The average Bonchev–Trinajstić information content (AvgIpc) is 2.53. The number of carboxylic acids is 1. The van der Waals surface area contributed by atoms with Crippen molar-refractivity contribution < 1.29 is 24.4 Å². The number of amides is 1. The van der Waals surface area contributed by atoms with E-state index in [1.165, 1.54) is 17.0 Å². The van der Waals surface area contributed by atoms with Crippen molar-refractivity contribution in [1.82, 2.24) is 9.80 Å². The van der Waals surface area contributed by atoms with E-state index in [0.29, 0.717) is 13.1 Å². The molecule has 1 heterocycles. The number of non-ortho nitro benzene ring substituents is 1. The van der Waals surface area contributed by atoms with Crippen LogP contribution in [0.2, 0.25) is 0 Å². The summed E-state index contributed by atoms with van der Waals surface area (Å²) in [6.45, 7) is 6.51. The zero-order chi connectivity index (χ0) is 19.5. The lowest BCUT2D eigenvalue weighted by atomic mass is 10.1. The summed E-state index contributed by atoms with van der Waals surface area (Å²) in [5, 5.41) is 20.2. The molecule has 1 aromatic rings. The average molecular weight is 365 g/mol. The van der Waals surface area contributed by atoms with Gasteiger partial charge in [0.15, 0.2) is 0 Å². The maximum absolute atomic E-state index is 12.3. The maximum Gasteiger partial charge on any atom is 0.411 e. The molecule has 1 unspecified atom stereocenters. The minimum atomic E-state index is -1.09. The SMILES string of the molecule is CC(C)(C)OC(=O)N1CCN(Cc2ccc([N+](=O)[O-])cc2)CC1C(=O)O. The molecule has 1 fully saturated rings. The van der Waals surface area contributed by atoms with Crippen LogP contribution >= 0.6 is 0 Å². The summed E-state index contributed by atoms with van der Waals surface area (Å²) < 4.78 is 5.29. The third-order valence-electron chi connectivity index (χ3n) is 3.93. The Balaban J connectivity index is 2.03. The Morgan fingerprint density at radius 3 is 2.38 bits per heavy atom. The molecule has 0 aliphatic carbocycles. The van der Waals surface area contributed by atoms with Gasteiger partial charge >= 0.3 is 12.1 Å². The summed E-state index contributed by atoms with van der Waals surface area (Å²) in [6, 6.07) is 5.13. The van der Waals surface area contributed by atoms with E-state index >= 15 is 0 Å². The van der Waals surface area contributed by atoms with Crippen molar-refractivity contribution in [3.63, 3.8) is 0 Å². The summed E-state index contributed by atoms with van der Waals surface area (Å²) in [5.41, 5.74) is 0.146. The highest BCUT2D eigenvalue weighted by atomic mass is 16.6. The van der Waals surface area contributed by atoms with Gasteiger partial charge in [0.25, 0.3) is 5.69 Å². The highest BCUT2D eigenvalue weighted by Crippen LogP contribution is 2.19. The Hall–Kier alpha value is -2.68. The van der Waals surface area contributed by atoms with Gasteiger partial charge in [-0.1, -0.05) is 12.1 Å². The number of ether oxygens (including phenoxy) is 1. The van der Waals surface area contributed by atoms with Crippen molar-refractivity contribution in [3.8, 4) is 0 Å². The largest absolute Gasteiger partial charge is 0.480 e. The molecule has 1 amide bonds. The Labute approximate surface area is 151 Å². The predicted molar refractivity (Wildman–Crippen MR) is 92.7 cm³/mol. The predicted octanol–water partition coefficient (Wildman–Crippen LogP) is 2.10. The van der Waals surface area contributed by atoms with Crippen LogP contribution in [0.15, 0.2) is 24.3 Å². The highest BCUT2D eigenvalue weighted by molar-refractivity contribution is 5.80. The number of nitro groups is 1. The molecule has 0 spiro atoms. The first-order valence-electron chi connectivity index (χ1n) is 8.25. The lowest BCUT2D eigenvalue weighted by Crippen LogP contribution is -2.58. The van der Waals surface area contributed by atoms with Crippen molar-refractivity contribution in [2.45, 2.75) is 39.0 Å². The number of carbonyl (C=O) groups excluding carboxylic acids is 1. The molecule has 9 heteroatoms. The van der Waals surface area contributed by atoms with Gasteiger partial charge in [-0.3, -0.25) is 19.9 Å². The van der Waals surface area contributed by atoms with E-state index in [1.807, 2.05) is 4.90 Å². The van der Waals surface area contributed by atoms with Crippen LogP contribution in [0.5, 0.6) is 0 Å². The molecule has 0 saturated carbocycles. The van der Waals surface area contributed by atoms with Crippen LogP contribution in [0.1, 0.15) is 26.3 Å². The molecule has 1 aliphatic rings. The monoisotopic (exact) mass is 365 g/mol. The van der Waals surface area contributed by atoms with Crippen molar-refractivity contribution in [3.05, 3.63) is 39.9 Å². The van der Waals surface area contributed by atoms with Gasteiger partial charge in [-0.05, 0) is 26.3 Å². The second-order valence-corrected chi connectivity index (χ2v) is 7.19. The van der Waals surface area contributed by atoms with Crippen molar-refractivity contribution in [2.24, 2.45) is 0 Å². The normalized spacial score (nSPS) is 18.4. The fourth-order valence-corrected chi connectivity index (χ4v) is 2.71. The summed E-state index contributed by atoms with van der Waals surface area (Å²) in [7, 11) is 0. The number of hydrogen-bond acceptors (Lipinski definition) is 6. The quantitative estimate of drug-likeness (QED) is 0.642. The number of aliphatic carboxylic acids is 1. The molecule has 142 valence electrons. The van der Waals surface area contributed by atoms with Crippen molar-refractivity contribution in [2.75, 3.05) is 19.6 Å². The molecular formula is C17H23N3O6. The van der Waals surface area contributed by atoms with Gasteiger partial charge in [0.05, 0.1) is 4.92 Å². The lowest BCUT2D eigenvalue weighted by Gasteiger charge is -2.39. The van der Waals surface area contributed by atoms with Crippen molar-refractivity contribution in [1.29, 1.82) is 0 Å². The topological polar surface area (TPSA) is 113 Å². The maximum atomic E-state index is 12.3. The summed E-state index contributed by atoms with van der Waals surface area (Å²) in [5.74, 6) is -1.09. The number of carboxylic acid groups (broad SMARTS) is 1. The van der Waals surface area contributed by atoms with E-state index in [1.54, 1.807) is 32.9 Å². The molecule has 26 heavy (non-hydrogen) atoms. The van der Waals surface area contributed by atoms with Gasteiger partial charge in [0.1, 0.15) is 11.6 Å². The Bertz CT molecular complexity index is 683. The molecule has 1 atom stereocenters. The van der Waals surface area contributed by atoms with E-state index in [4.69, 9.17) is 4.74 Å². The van der Waals surface area contributed by atoms with E-state index in [0.717, 1.165) is 5.56 Å². The summed E-state index contributed by atoms with van der Waals surface area (Å²) in [4.78, 5) is 37.2. The number of benzene rings is 1. The molecule has 1 aromatic carbocycles. The third-order valence-corrected chi connectivity index (χ3v) is 3.93. The molecule has 1 aliphatic heterocycles. The van der Waals surface area contributed by atoms with E-state index < -0.39 is 28.6 Å². The number of carbonyl (C=O) groups is 2. The van der Waals surface area contributed by atoms with Gasteiger partial charge < -0.3 is 9.84 Å². The van der Waals surface area contributed by atoms with Crippen LogP contribution in [-0.2, 0) is 16.1 Å². The molecule has 1 saturated heterocycles. The second kappa shape index (κ2) is 7.69. The molecule has 9 nitrogen and oxygen atoms in total. The van der Waals surface area contributed by atoms with Crippen LogP contribution in [-0.4, -0.2) is 63.2 Å². The molecule has 0 radical (unpaired) electrons. The lowest BCUT2D eigenvalue weighted by molar-refractivity contribution is -0.384. The molecule has 0 bridgehead atoms. The summed E-state index contributed by atoms with van der Waals surface area (Å²) in [6.07, 6.45) is -0.639. The molecule has 2 rings (SSSR count). The zero-order valence-corrected chi connectivity index (χ0v) is 15.0. The number of piperazine rings is 1. The number of rotatable bonds is 4. The Kier molecular flexibility index (Phi) is 5.81. The number of nitro benzene ring substituents is 1. The second-order valence-electron chi connectivity index (χ2n) is 7.19. The van der Waals surface area contributed by atoms with Gasteiger partial charge in [-0.2, -0.15) is 0 Å². The minimum absolute atomic E-state index is 0.00640. The van der Waals surface area contributed by atoms with Gasteiger partial charge in [0.2, 0.25) is 0 Å². The van der Waals surface area contributed by atoms with E-state index in [-0.39, 0.29) is 18.8 Å². The number of hydrogen-bond donors (Lipinski definition) is 1. The highest BCUT2D eigenvalue weighted by Gasteiger charge is 2.37. The Morgan fingerprint density at radius 2 is 1.88 bits per heavy atom. The minimum Gasteiger partial charge on any atom is -0.480 e. The Morgan fingerprint density at radius 1 is 1.27 bits per heavy atom. The van der Waals surface area contributed by atoms with E-state index in [2.05, 4.69) is 0 Å². The van der Waals surface area contributed by atoms with Crippen molar-refractivity contribution >= 4 is 17.7 Å². The van der Waals surface area contributed by atoms with Gasteiger partial charge in [-0.15, -0.1) is 0 Å². The van der Waals surface area contributed by atoms with Crippen LogP contribution in [0.3, 0.4) is 0 Å². The molecular weight excluding hydrogens is 342 g/mol. The van der Waals surface area contributed by atoms with Crippen LogP contribution < -0.4 is 0 Å². The molecule has 1 N–H and O–H groups in total. The van der Waals surface area contributed by atoms with Crippen LogP contribution in [0.25, 0.3) is 0 Å². The van der Waals surface area contributed by atoms with Gasteiger partial charge in [-0.25, -0.2) is 9.59 Å². The number of nitrogens with zero attached hydrogens (tertiary/aromatic N) is 3. The third kappa shape index (κ3) is 5.16. The fourth-order valence-electron chi connectivity index (χ4n) is 2.71. The first-order chi connectivity index (χ1) is 12.1. The molecule has 0 aromatic heterocycles. The fraction of sp³-hybridized carbons (Fsp3) is 0.529. The van der Waals surface area contributed by atoms with Crippen LogP contribution in [0, 0.1) is 10.1 Å². The van der Waals surface area contributed by atoms with Crippen LogP contribution in [0.4, 0.5) is 10.5 Å². The first kappa shape index (κ1) is 19.6. The van der Waals surface area contributed by atoms with Gasteiger partial charge in [0, 0.05) is 38.3 Å². The summed E-state index contributed by atoms with van der Waals surface area (Å²) >= 11 is 0.